The Morgan fingerprint density at radius 1 is 1.08 bits per heavy atom. The SMILES string of the molecule is Cc1ccc(C(N)C(=O)Nc2ccc(CCC(F)(F)F)cc2)cc1. The Labute approximate surface area is 138 Å². The van der Waals surface area contributed by atoms with Gasteiger partial charge in [-0.3, -0.25) is 4.79 Å². The Morgan fingerprint density at radius 2 is 1.67 bits per heavy atom. The Morgan fingerprint density at radius 3 is 2.21 bits per heavy atom. The lowest BCUT2D eigenvalue weighted by Gasteiger charge is -2.13. The van der Waals surface area contributed by atoms with E-state index in [1.54, 1.807) is 36.4 Å². The number of rotatable bonds is 5. The first-order valence-electron chi connectivity index (χ1n) is 7.53. The molecule has 0 bridgehead atoms. The fraction of sp³-hybridized carbons (Fsp3) is 0.278. The molecule has 0 radical (unpaired) electrons. The zero-order chi connectivity index (χ0) is 17.7. The number of carbonyl (C=O) groups excluding carboxylic acids is 1. The van der Waals surface area contributed by atoms with Gasteiger partial charge in [-0.25, -0.2) is 0 Å². The summed E-state index contributed by atoms with van der Waals surface area (Å²) in [4.78, 5) is 12.2. The molecule has 0 aliphatic heterocycles. The van der Waals surface area contributed by atoms with E-state index in [2.05, 4.69) is 5.32 Å². The second-order valence-electron chi connectivity index (χ2n) is 5.69. The molecule has 1 amide bonds. The smallest absolute Gasteiger partial charge is 0.324 e. The molecule has 6 heteroatoms. The molecule has 2 rings (SSSR count). The van der Waals surface area contributed by atoms with Crippen LogP contribution in [0.15, 0.2) is 48.5 Å². The number of aryl methyl sites for hydroxylation is 2. The molecule has 0 saturated carbocycles. The lowest BCUT2D eigenvalue weighted by atomic mass is 10.0. The lowest BCUT2D eigenvalue weighted by molar-refractivity contribution is -0.134. The van der Waals surface area contributed by atoms with Crippen LogP contribution in [0.1, 0.15) is 29.2 Å². The minimum atomic E-state index is -4.17. The minimum Gasteiger partial charge on any atom is -0.324 e. The van der Waals surface area contributed by atoms with Crippen LogP contribution in [0.3, 0.4) is 0 Å². The van der Waals surface area contributed by atoms with Gasteiger partial charge in [-0.1, -0.05) is 42.0 Å². The summed E-state index contributed by atoms with van der Waals surface area (Å²) in [5.41, 5.74) is 8.75. The van der Waals surface area contributed by atoms with E-state index in [0.29, 0.717) is 16.8 Å². The summed E-state index contributed by atoms with van der Waals surface area (Å²) in [6.45, 7) is 1.94. The average Bonchev–Trinajstić information content (AvgIpc) is 2.53. The molecule has 2 aromatic rings. The number of nitrogens with two attached hydrogens (primary N) is 1. The number of anilines is 1. The van der Waals surface area contributed by atoms with Crippen LogP contribution < -0.4 is 11.1 Å². The molecule has 0 saturated heterocycles. The quantitative estimate of drug-likeness (QED) is 0.863. The van der Waals surface area contributed by atoms with Gasteiger partial charge >= 0.3 is 6.18 Å². The predicted molar refractivity (Wildman–Crippen MR) is 87.6 cm³/mol. The van der Waals surface area contributed by atoms with Gasteiger partial charge in [-0.2, -0.15) is 13.2 Å². The van der Waals surface area contributed by atoms with Crippen molar-refractivity contribution in [3.63, 3.8) is 0 Å². The molecule has 0 spiro atoms. The maximum atomic E-state index is 12.2. The number of halogens is 3. The van der Waals surface area contributed by atoms with E-state index in [1.165, 1.54) is 0 Å². The molecule has 0 aliphatic rings. The number of benzene rings is 2. The topological polar surface area (TPSA) is 55.1 Å². The molecule has 2 aromatic carbocycles. The van der Waals surface area contributed by atoms with E-state index in [4.69, 9.17) is 5.73 Å². The molecule has 3 N–H and O–H groups in total. The summed E-state index contributed by atoms with van der Waals surface area (Å²) < 4.78 is 36.6. The molecule has 0 heterocycles. The van der Waals surface area contributed by atoms with Crippen molar-refractivity contribution in [1.82, 2.24) is 0 Å². The third-order valence-corrected chi connectivity index (χ3v) is 3.64. The van der Waals surface area contributed by atoms with E-state index < -0.39 is 18.6 Å². The molecule has 24 heavy (non-hydrogen) atoms. The summed E-state index contributed by atoms with van der Waals surface area (Å²) in [6, 6.07) is 12.8. The van der Waals surface area contributed by atoms with Gasteiger partial charge in [0, 0.05) is 12.1 Å². The van der Waals surface area contributed by atoms with Crippen molar-refractivity contribution >= 4 is 11.6 Å². The first-order chi connectivity index (χ1) is 11.2. The van der Waals surface area contributed by atoms with Gasteiger partial charge in [0.2, 0.25) is 5.91 Å². The lowest BCUT2D eigenvalue weighted by Crippen LogP contribution is -2.27. The molecular weight excluding hydrogens is 317 g/mol. The van der Waals surface area contributed by atoms with Crippen molar-refractivity contribution in [2.45, 2.75) is 32.0 Å². The average molecular weight is 336 g/mol. The second kappa shape index (κ2) is 7.49. The highest BCUT2D eigenvalue weighted by molar-refractivity contribution is 5.95. The number of hydrogen-bond acceptors (Lipinski definition) is 2. The third-order valence-electron chi connectivity index (χ3n) is 3.64. The van der Waals surface area contributed by atoms with Crippen LogP contribution in [0.4, 0.5) is 18.9 Å². The fourth-order valence-corrected chi connectivity index (χ4v) is 2.19. The van der Waals surface area contributed by atoms with Crippen LogP contribution in [0.2, 0.25) is 0 Å². The molecule has 0 aliphatic carbocycles. The molecule has 1 unspecified atom stereocenters. The predicted octanol–water partition coefficient (Wildman–Crippen LogP) is 4.13. The van der Waals surface area contributed by atoms with Gasteiger partial charge in [0.15, 0.2) is 0 Å². The number of hydrogen-bond donors (Lipinski definition) is 2. The Kier molecular flexibility index (Phi) is 5.62. The van der Waals surface area contributed by atoms with E-state index >= 15 is 0 Å². The van der Waals surface area contributed by atoms with E-state index in [9.17, 15) is 18.0 Å². The van der Waals surface area contributed by atoms with Crippen molar-refractivity contribution in [2.75, 3.05) is 5.32 Å². The highest BCUT2D eigenvalue weighted by Gasteiger charge is 2.26. The number of alkyl halides is 3. The molecule has 3 nitrogen and oxygen atoms in total. The third kappa shape index (κ3) is 5.38. The van der Waals surface area contributed by atoms with Crippen LogP contribution in [-0.2, 0) is 11.2 Å². The molecular formula is C18H19F3N2O. The number of carbonyl (C=O) groups is 1. The van der Waals surface area contributed by atoms with Gasteiger partial charge in [-0.05, 0) is 36.6 Å². The van der Waals surface area contributed by atoms with E-state index in [0.717, 1.165) is 5.56 Å². The van der Waals surface area contributed by atoms with Crippen molar-refractivity contribution in [1.29, 1.82) is 0 Å². The van der Waals surface area contributed by atoms with Crippen molar-refractivity contribution in [3.05, 3.63) is 65.2 Å². The molecule has 0 fully saturated rings. The monoisotopic (exact) mass is 336 g/mol. The summed E-state index contributed by atoms with van der Waals surface area (Å²) in [6.07, 6.45) is -5.12. The van der Waals surface area contributed by atoms with Crippen LogP contribution in [-0.4, -0.2) is 12.1 Å². The van der Waals surface area contributed by atoms with Crippen LogP contribution in [0.25, 0.3) is 0 Å². The fourth-order valence-electron chi connectivity index (χ4n) is 2.19. The standard InChI is InChI=1S/C18H19F3N2O/c1-12-2-6-14(7-3-12)16(22)17(24)23-15-8-4-13(5-9-15)10-11-18(19,20)21/h2-9,16H,10-11,22H2,1H3,(H,23,24). The first-order valence-corrected chi connectivity index (χ1v) is 7.53. The first kappa shape index (κ1) is 18.0. The maximum absolute atomic E-state index is 12.2. The Bertz CT molecular complexity index is 679. The molecule has 1 atom stereocenters. The zero-order valence-corrected chi connectivity index (χ0v) is 13.2. The number of nitrogens with one attached hydrogen (secondary N) is 1. The summed E-state index contributed by atoms with van der Waals surface area (Å²) in [5.74, 6) is -0.373. The van der Waals surface area contributed by atoms with Crippen molar-refractivity contribution in [2.24, 2.45) is 5.73 Å². The second-order valence-corrected chi connectivity index (χ2v) is 5.69. The van der Waals surface area contributed by atoms with Crippen LogP contribution >= 0.6 is 0 Å². The largest absolute Gasteiger partial charge is 0.389 e. The number of amides is 1. The maximum Gasteiger partial charge on any atom is 0.389 e. The van der Waals surface area contributed by atoms with Crippen molar-refractivity contribution in [3.8, 4) is 0 Å². The summed E-state index contributed by atoms with van der Waals surface area (Å²) in [7, 11) is 0. The van der Waals surface area contributed by atoms with Crippen LogP contribution in [0.5, 0.6) is 0 Å². The zero-order valence-electron chi connectivity index (χ0n) is 13.2. The van der Waals surface area contributed by atoms with Gasteiger partial charge < -0.3 is 11.1 Å². The highest BCUT2D eigenvalue weighted by Crippen LogP contribution is 2.23. The Balaban J connectivity index is 1.95. The molecule has 128 valence electrons. The Hall–Kier alpha value is -2.34. The summed E-state index contributed by atoms with van der Waals surface area (Å²) >= 11 is 0. The van der Waals surface area contributed by atoms with Gasteiger partial charge in [-0.15, -0.1) is 0 Å². The summed E-state index contributed by atoms with van der Waals surface area (Å²) in [5, 5.41) is 2.67. The van der Waals surface area contributed by atoms with E-state index in [-0.39, 0.29) is 12.3 Å². The van der Waals surface area contributed by atoms with Gasteiger partial charge in [0.25, 0.3) is 0 Å². The van der Waals surface area contributed by atoms with E-state index in [1.807, 2.05) is 19.1 Å². The normalized spacial score (nSPS) is 12.7. The van der Waals surface area contributed by atoms with Gasteiger partial charge in [0.1, 0.15) is 6.04 Å². The molecule has 0 aromatic heterocycles. The minimum absolute atomic E-state index is 0.0827. The van der Waals surface area contributed by atoms with Gasteiger partial charge in [0.05, 0.1) is 0 Å². The van der Waals surface area contributed by atoms with Crippen LogP contribution in [0, 0.1) is 6.92 Å². The van der Waals surface area contributed by atoms with Crippen molar-refractivity contribution < 1.29 is 18.0 Å². The highest BCUT2D eigenvalue weighted by atomic mass is 19.4.